The van der Waals surface area contributed by atoms with Gasteiger partial charge in [-0.15, -0.1) is 0 Å². The Morgan fingerprint density at radius 2 is 1.50 bits per heavy atom. The van der Waals surface area contributed by atoms with Crippen LogP contribution in [-0.2, 0) is 0 Å². The quantitative estimate of drug-likeness (QED) is 0.415. The lowest BCUT2D eigenvalue weighted by Gasteiger charge is -2.29. The third kappa shape index (κ3) is 0.235. The van der Waals surface area contributed by atoms with Gasteiger partial charge in [0.1, 0.15) is 0 Å². The third-order valence-corrected chi connectivity index (χ3v) is 4.49. The monoisotopic (exact) mass is 114 g/mol. The van der Waals surface area contributed by atoms with Crippen LogP contribution >= 0.6 is 16.4 Å². The van der Waals surface area contributed by atoms with Gasteiger partial charge in [0.2, 0.25) is 0 Å². The molecule has 0 N–H and O–H groups in total. The van der Waals surface area contributed by atoms with Crippen molar-refractivity contribution in [2.45, 2.75) is 11.3 Å². The molecule has 2 aliphatic heterocycles. The maximum absolute atomic E-state index is 2.38. The maximum Gasteiger partial charge on any atom is 0.0370 e. The van der Waals surface area contributed by atoms with E-state index in [2.05, 4.69) is 11.6 Å². The molecule has 0 aromatic heterocycles. The molecule has 0 spiro atoms. The molecule has 2 rings (SSSR count). The Kier molecular flexibility index (Phi) is 0.526. The molecule has 2 atom stereocenters. The number of rotatable bonds is 0. The van der Waals surface area contributed by atoms with Gasteiger partial charge in [0, 0.05) is 11.3 Å². The zero-order valence-corrected chi connectivity index (χ0v) is 4.99. The van der Waals surface area contributed by atoms with E-state index in [0.717, 1.165) is 11.3 Å². The molecule has 0 nitrogen and oxygen atoms in total. The maximum atomic E-state index is 2.38. The Morgan fingerprint density at radius 1 is 1.00 bits per heavy atom. The molecule has 0 aromatic carbocycles. The first-order valence-corrected chi connectivity index (χ1v) is 4.10. The van der Waals surface area contributed by atoms with Crippen LogP contribution in [-0.4, -0.2) is 22.9 Å². The lowest BCUT2D eigenvalue weighted by molar-refractivity contribution is 1.22. The first-order chi connectivity index (χ1) is 2.97. The van der Waals surface area contributed by atoms with E-state index in [0.29, 0.717) is 0 Å². The average Bonchev–Trinajstić information content (AvgIpc) is 1.54. The second kappa shape index (κ2) is 0.941. The van der Waals surface area contributed by atoms with Gasteiger partial charge in [0.05, 0.1) is 0 Å². The van der Waals surface area contributed by atoms with Crippen LogP contribution in [0.5, 0.6) is 0 Å². The molecular weight excluding hydrogens is 110 g/mol. The minimum Gasteiger partial charge on any atom is -0.0986 e. The Balaban J connectivity index is 2.40. The highest BCUT2D eigenvalue weighted by atomic mass is 31.1. The van der Waals surface area contributed by atoms with Crippen molar-refractivity contribution in [3.05, 3.63) is 0 Å². The summed E-state index contributed by atoms with van der Waals surface area (Å²) < 4.78 is 0. The zero-order chi connectivity index (χ0) is 3.98. The summed E-state index contributed by atoms with van der Waals surface area (Å²) in [7, 11) is 3.14. The Labute approximate surface area is 40.2 Å². The highest BCUT2D eigenvalue weighted by molar-refractivity contribution is 7.59. The van der Waals surface area contributed by atoms with E-state index in [-0.39, 0.29) is 0 Å². The third-order valence-electron chi connectivity index (χ3n) is 1.17. The van der Waals surface area contributed by atoms with Crippen molar-refractivity contribution in [2.24, 2.45) is 0 Å². The van der Waals surface area contributed by atoms with E-state index in [9.17, 15) is 0 Å². The first kappa shape index (κ1) is 3.36. The van der Waals surface area contributed by atoms with E-state index in [1.165, 1.54) is 0 Å². The van der Waals surface area contributed by atoms with Gasteiger partial charge < -0.3 is 0 Å². The summed E-state index contributed by atoms with van der Waals surface area (Å²) in [5, 5.41) is 0. The van der Waals surface area contributed by atoms with Crippen molar-refractivity contribution < 1.29 is 0 Å². The van der Waals surface area contributed by atoms with Crippen LogP contribution < -0.4 is 0 Å². The second-order valence-electron chi connectivity index (χ2n) is 1.58. The molecule has 0 saturated carbocycles. The van der Waals surface area contributed by atoms with Gasteiger partial charge in [-0.1, -0.05) is 16.4 Å². The van der Waals surface area contributed by atoms with E-state index in [4.69, 9.17) is 0 Å². The topological polar surface area (TPSA) is 0 Å². The van der Waals surface area contributed by atoms with Crippen LogP contribution in [0.1, 0.15) is 0 Å². The average molecular weight is 114 g/mol. The molecule has 2 aliphatic rings. The smallest absolute Gasteiger partial charge is 0.0370 e. The molecule has 30 valence electrons. The van der Waals surface area contributed by atoms with Crippen LogP contribution in [0.2, 0.25) is 0 Å². The number of hydrogen-bond acceptors (Lipinski definition) is 0. The van der Waals surface area contributed by atoms with Crippen molar-refractivity contribution >= 4 is 28.0 Å². The Hall–Kier alpha value is 0.340. The molecule has 2 unspecified atom stereocenters. The van der Waals surface area contributed by atoms with E-state index < -0.39 is 0 Å². The number of hydrogen-bond donors (Lipinski definition) is 0. The summed E-state index contributed by atoms with van der Waals surface area (Å²) >= 11 is 0. The molecular formula is C4H4P2. The van der Waals surface area contributed by atoms with Crippen LogP contribution in [0.15, 0.2) is 0 Å². The largest absolute Gasteiger partial charge is 0.0986 e. The molecule has 6 heavy (non-hydrogen) atoms. The summed E-state index contributed by atoms with van der Waals surface area (Å²) in [6.45, 7) is 0. The van der Waals surface area contributed by atoms with Gasteiger partial charge >= 0.3 is 0 Å². The van der Waals surface area contributed by atoms with Crippen molar-refractivity contribution in [2.75, 3.05) is 0 Å². The fourth-order valence-electron chi connectivity index (χ4n) is 0.602. The van der Waals surface area contributed by atoms with Crippen molar-refractivity contribution in [1.29, 1.82) is 0 Å². The molecule has 0 bridgehead atoms. The molecule has 0 amide bonds. The summed E-state index contributed by atoms with van der Waals surface area (Å²) in [5.74, 6) is 4.76. The van der Waals surface area contributed by atoms with Crippen LogP contribution in [0, 0.1) is 0 Å². The standard InChI is InChI=1S/C4H4P2/c1-3-4(5-1)2-6-3/h1-4H. The summed E-state index contributed by atoms with van der Waals surface area (Å²) in [5.41, 5.74) is 1.98. The lowest BCUT2D eigenvalue weighted by atomic mass is 10.3. The zero-order valence-electron chi connectivity index (χ0n) is 3.20. The van der Waals surface area contributed by atoms with Crippen molar-refractivity contribution in [1.82, 2.24) is 0 Å². The molecule has 0 saturated heterocycles. The second-order valence-corrected chi connectivity index (χ2v) is 3.96. The first-order valence-electron chi connectivity index (χ1n) is 2.03. The number of fused-ring (bicyclic) bond motifs is 1. The van der Waals surface area contributed by atoms with Gasteiger partial charge in [-0.05, 0) is 11.6 Å². The fourth-order valence-corrected chi connectivity index (χ4v) is 3.19. The molecule has 0 radical (unpaired) electrons. The fraction of sp³-hybridized carbons (Fsp3) is 0.500. The molecule has 0 aliphatic carbocycles. The summed E-state index contributed by atoms with van der Waals surface area (Å²) in [4.78, 5) is 0. The van der Waals surface area contributed by atoms with E-state index >= 15 is 0 Å². The van der Waals surface area contributed by atoms with Crippen LogP contribution in [0.4, 0.5) is 0 Å². The van der Waals surface area contributed by atoms with Crippen molar-refractivity contribution in [3.63, 3.8) is 0 Å². The van der Waals surface area contributed by atoms with Gasteiger partial charge in [-0.25, -0.2) is 0 Å². The predicted octanol–water partition coefficient (Wildman–Crippen LogP) is 1.25. The van der Waals surface area contributed by atoms with Gasteiger partial charge in [0.25, 0.3) is 0 Å². The summed E-state index contributed by atoms with van der Waals surface area (Å²) in [6.07, 6.45) is 0. The van der Waals surface area contributed by atoms with Crippen molar-refractivity contribution in [3.8, 4) is 0 Å². The molecule has 0 aromatic rings. The predicted molar refractivity (Wildman–Crippen MR) is 33.5 cm³/mol. The van der Waals surface area contributed by atoms with Gasteiger partial charge in [-0.3, -0.25) is 0 Å². The molecule has 2 heteroatoms. The van der Waals surface area contributed by atoms with Crippen LogP contribution in [0.25, 0.3) is 0 Å². The minimum absolute atomic E-state index is 0.992. The normalized spacial score (nSPS) is 52.0. The summed E-state index contributed by atoms with van der Waals surface area (Å²) in [6, 6.07) is 0. The highest BCUT2D eigenvalue weighted by Crippen LogP contribution is 2.38. The van der Waals surface area contributed by atoms with E-state index in [1.54, 1.807) is 16.4 Å². The SMILES string of the molecule is C1=PC2C=PC12. The van der Waals surface area contributed by atoms with Gasteiger partial charge in [0.15, 0.2) is 0 Å². The Morgan fingerprint density at radius 3 is 1.50 bits per heavy atom. The minimum atomic E-state index is 0.992. The molecule has 2 heterocycles. The van der Waals surface area contributed by atoms with Gasteiger partial charge in [-0.2, -0.15) is 0 Å². The van der Waals surface area contributed by atoms with Crippen LogP contribution in [0.3, 0.4) is 0 Å². The van der Waals surface area contributed by atoms with E-state index in [1.807, 2.05) is 0 Å². The highest BCUT2D eigenvalue weighted by Gasteiger charge is 2.27. The lowest BCUT2D eigenvalue weighted by Crippen LogP contribution is -2.31. The Bertz CT molecular complexity index is 97.5. The molecule has 0 fully saturated rings.